The van der Waals surface area contributed by atoms with E-state index in [2.05, 4.69) is 16.6 Å². The third-order valence-electron chi connectivity index (χ3n) is 3.80. The minimum Gasteiger partial charge on any atom is -0.330 e. The number of nitrogens with two attached hydrogens (primary N) is 1. The summed E-state index contributed by atoms with van der Waals surface area (Å²) in [7, 11) is 0. The van der Waals surface area contributed by atoms with Gasteiger partial charge in [0.05, 0.1) is 16.7 Å². The molecule has 104 valence electrons. The maximum absolute atomic E-state index is 12.0. The number of para-hydroxylation sites is 1. The van der Waals surface area contributed by atoms with E-state index in [9.17, 15) is 4.79 Å². The highest BCUT2D eigenvalue weighted by molar-refractivity contribution is 8.00. The van der Waals surface area contributed by atoms with Gasteiger partial charge < -0.3 is 5.73 Å². The Kier molecular flexibility index (Phi) is 3.72. The maximum atomic E-state index is 12.0. The molecule has 2 aliphatic rings. The highest BCUT2D eigenvalue weighted by Crippen LogP contribution is 2.36. The minimum absolute atomic E-state index is 0.204. The zero-order valence-corrected chi connectivity index (χ0v) is 12.0. The number of aliphatic imine (C=N–C) groups is 1. The highest BCUT2D eigenvalue weighted by atomic mass is 32.2. The normalized spacial score (nSPS) is 24.4. The summed E-state index contributed by atoms with van der Waals surface area (Å²) < 4.78 is 0. The first kappa shape index (κ1) is 13.5. The van der Waals surface area contributed by atoms with Crippen LogP contribution in [0.1, 0.15) is 23.2 Å². The summed E-state index contributed by atoms with van der Waals surface area (Å²) in [5.74, 6) is 1.76. The van der Waals surface area contributed by atoms with Crippen LogP contribution in [0.5, 0.6) is 0 Å². The van der Waals surface area contributed by atoms with Crippen LogP contribution in [0, 0.1) is 5.92 Å². The van der Waals surface area contributed by atoms with Crippen LogP contribution in [0.15, 0.2) is 28.2 Å². The summed E-state index contributed by atoms with van der Waals surface area (Å²) in [6.45, 7) is 4.70. The van der Waals surface area contributed by atoms with Gasteiger partial charge in [-0.2, -0.15) is 16.8 Å². The lowest BCUT2D eigenvalue weighted by atomic mass is 9.85. The molecule has 0 bridgehead atoms. The summed E-state index contributed by atoms with van der Waals surface area (Å²) in [5, 5.41) is 2.09. The first-order valence-electron chi connectivity index (χ1n) is 6.77. The molecule has 0 saturated heterocycles. The molecule has 4 nitrogen and oxygen atoms in total. The van der Waals surface area contributed by atoms with Gasteiger partial charge in [0.15, 0.2) is 0 Å². The van der Waals surface area contributed by atoms with Crippen molar-refractivity contribution in [2.24, 2.45) is 21.6 Å². The molecule has 1 aromatic rings. The van der Waals surface area contributed by atoms with Crippen molar-refractivity contribution in [3.05, 3.63) is 34.3 Å². The predicted octanol–water partition coefficient (Wildman–Crippen LogP) is 0.739. The van der Waals surface area contributed by atoms with Gasteiger partial charge in [0.2, 0.25) is 0 Å². The number of benzene rings is 1. The van der Waals surface area contributed by atoms with Crippen molar-refractivity contribution in [1.29, 1.82) is 0 Å². The number of carbonyl (C=O) groups is 1. The number of amides is 1. The molecule has 0 aromatic heterocycles. The Bertz CT molecular complexity index is 677. The van der Waals surface area contributed by atoms with Gasteiger partial charge in [-0.3, -0.25) is 4.79 Å². The zero-order valence-electron chi connectivity index (χ0n) is 11.2. The highest BCUT2D eigenvalue weighted by Gasteiger charge is 2.28. The molecule has 0 spiro atoms. The van der Waals surface area contributed by atoms with Crippen LogP contribution in [0.2, 0.25) is 0 Å². The second-order valence-corrected chi connectivity index (χ2v) is 6.55. The summed E-state index contributed by atoms with van der Waals surface area (Å²) in [6.07, 6.45) is 2.33. The van der Waals surface area contributed by atoms with Crippen LogP contribution in [-0.4, -0.2) is 29.3 Å². The Morgan fingerprint density at radius 2 is 2.15 bits per heavy atom. The van der Waals surface area contributed by atoms with Crippen molar-refractivity contribution in [2.45, 2.75) is 18.1 Å². The standard InChI is InChI=1S/C15H17N3OS/c1-9-3-2-4-12-14(9)17-13(18-15(12)19)8-20-11-5-10(6-11)7-16/h2-4,10-11H,1,5-8,16H2. The average molecular weight is 287 g/mol. The number of rotatable bonds is 4. The van der Waals surface area contributed by atoms with Crippen LogP contribution in [0.3, 0.4) is 0 Å². The molecule has 1 amide bonds. The molecule has 2 N–H and O–H groups in total. The van der Waals surface area contributed by atoms with E-state index in [-0.39, 0.29) is 5.91 Å². The Morgan fingerprint density at radius 3 is 2.90 bits per heavy atom. The van der Waals surface area contributed by atoms with Crippen molar-refractivity contribution in [1.82, 2.24) is 0 Å². The van der Waals surface area contributed by atoms with E-state index < -0.39 is 0 Å². The number of hydrogen-bond donors (Lipinski definition) is 1. The van der Waals surface area contributed by atoms with E-state index in [0.29, 0.717) is 33.7 Å². The monoisotopic (exact) mass is 287 g/mol. The molecule has 1 aliphatic carbocycles. The van der Waals surface area contributed by atoms with Crippen molar-refractivity contribution < 1.29 is 4.79 Å². The third kappa shape index (κ3) is 2.55. The lowest BCUT2D eigenvalue weighted by molar-refractivity contribution is 0.1000. The molecule has 1 aliphatic heterocycles. The van der Waals surface area contributed by atoms with E-state index in [1.807, 2.05) is 23.9 Å². The van der Waals surface area contributed by atoms with Crippen LogP contribution < -0.4 is 16.3 Å². The van der Waals surface area contributed by atoms with Gasteiger partial charge in [0.25, 0.3) is 5.91 Å². The summed E-state index contributed by atoms with van der Waals surface area (Å²) in [6, 6.07) is 5.43. The predicted molar refractivity (Wildman–Crippen MR) is 82.5 cm³/mol. The van der Waals surface area contributed by atoms with E-state index in [1.54, 1.807) is 6.07 Å². The van der Waals surface area contributed by atoms with Gasteiger partial charge in [-0.1, -0.05) is 18.7 Å². The fourth-order valence-corrected chi connectivity index (χ4v) is 3.82. The molecule has 20 heavy (non-hydrogen) atoms. The molecule has 0 atom stereocenters. The summed E-state index contributed by atoms with van der Waals surface area (Å²) in [5.41, 5.74) is 6.17. The molecule has 5 heteroatoms. The lowest BCUT2D eigenvalue weighted by Crippen LogP contribution is -2.35. The number of fused-ring (bicyclic) bond motifs is 1. The Hall–Kier alpha value is -1.46. The van der Waals surface area contributed by atoms with E-state index in [1.165, 1.54) is 12.8 Å². The second-order valence-electron chi connectivity index (χ2n) is 5.26. The largest absolute Gasteiger partial charge is 0.330 e. The van der Waals surface area contributed by atoms with Crippen LogP contribution in [0.25, 0.3) is 6.58 Å². The van der Waals surface area contributed by atoms with E-state index in [4.69, 9.17) is 5.73 Å². The number of hydrogen-bond acceptors (Lipinski definition) is 4. The third-order valence-corrected chi connectivity index (χ3v) is 5.08. The summed E-state index contributed by atoms with van der Waals surface area (Å²) in [4.78, 5) is 20.5. The van der Waals surface area contributed by atoms with Crippen LogP contribution in [0.4, 0.5) is 0 Å². The molecular weight excluding hydrogens is 270 g/mol. The molecular formula is C15H17N3OS. The van der Waals surface area contributed by atoms with E-state index >= 15 is 0 Å². The van der Waals surface area contributed by atoms with Gasteiger partial charge >= 0.3 is 0 Å². The Morgan fingerprint density at radius 1 is 1.35 bits per heavy atom. The SMILES string of the molecule is C=c1cccc2c1=NC(CSC1CC(CN)C1)=NC2=O. The maximum Gasteiger partial charge on any atom is 0.280 e. The van der Waals surface area contributed by atoms with Crippen molar-refractivity contribution in [2.75, 3.05) is 12.3 Å². The molecule has 0 unspecified atom stereocenters. The molecule has 0 radical (unpaired) electrons. The van der Waals surface area contributed by atoms with E-state index in [0.717, 1.165) is 11.8 Å². The second kappa shape index (κ2) is 5.50. The van der Waals surface area contributed by atoms with Crippen molar-refractivity contribution in [3.63, 3.8) is 0 Å². The quantitative estimate of drug-likeness (QED) is 0.888. The molecule has 1 fully saturated rings. The van der Waals surface area contributed by atoms with Gasteiger partial charge in [0, 0.05) is 5.25 Å². The Labute approximate surface area is 121 Å². The van der Waals surface area contributed by atoms with Crippen LogP contribution in [-0.2, 0) is 0 Å². The molecule has 1 heterocycles. The smallest absolute Gasteiger partial charge is 0.280 e. The number of thioether (sulfide) groups is 1. The van der Waals surface area contributed by atoms with Crippen molar-refractivity contribution in [3.8, 4) is 0 Å². The first-order chi connectivity index (χ1) is 9.67. The number of carbonyl (C=O) groups excluding carboxylic acids is 1. The van der Waals surface area contributed by atoms with Crippen LogP contribution >= 0.6 is 11.8 Å². The molecule has 1 aromatic carbocycles. The van der Waals surface area contributed by atoms with Crippen molar-refractivity contribution >= 4 is 30.1 Å². The summed E-state index contributed by atoms with van der Waals surface area (Å²) >= 11 is 1.82. The van der Waals surface area contributed by atoms with Gasteiger partial charge in [-0.15, -0.1) is 0 Å². The average Bonchev–Trinajstić information content (AvgIpc) is 2.38. The fourth-order valence-electron chi connectivity index (χ4n) is 2.49. The lowest BCUT2D eigenvalue weighted by Gasteiger charge is -2.33. The Balaban J connectivity index is 1.72. The molecule has 1 saturated carbocycles. The van der Waals surface area contributed by atoms with Gasteiger partial charge in [-0.25, -0.2) is 4.99 Å². The number of amidine groups is 1. The minimum atomic E-state index is -0.204. The topological polar surface area (TPSA) is 67.8 Å². The number of nitrogens with zero attached hydrogens (tertiary/aromatic N) is 2. The fraction of sp³-hybridized carbons (Fsp3) is 0.400. The first-order valence-corrected chi connectivity index (χ1v) is 7.82. The zero-order chi connectivity index (χ0) is 14.1. The molecule has 3 rings (SSSR count). The van der Waals surface area contributed by atoms with Gasteiger partial charge in [-0.05, 0) is 36.6 Å². The van der Waals surface area contributed by atoms with Gasteiger partial charge in [0.1, 0.15) is 5.84 Å².